The SMILES string of the molecule is [N-]=[N+]=NCc1ccc(O)cc1F. The van der Waals surface area contributed by atoms with Gasteiger partial charge in [0.05, 0.1) is 6.54 Å². The molecule has 1 N–H and O–H groups in total. The molecule has 0 atom stereocenters. The van der Waals surface area contributed by atoms with Crippen LogP contribution in [0.3, 0.4) is 0 Å². The molecule has 0 aliphatic rings. The van der Waals surface area contributed by atoms with E-state index in [0.717, 1.165) is 6.07 Å². The maximum absolute atomic E-state index is 12.8. The maximum atomic E-state index is 12.8. The van der Waals surface area contributed by atoms with E-state index in [0.29, 0.717) is 0 Å². The predicted octanol–water partition coefficient (Wildman–Crippen LogP) is 2.34. The molecule has 0 bridgehead atoms. The van der Waals surface area contributed by atoms with E-state index in [-0.39, 0.29) is 17.9 Å². The van der Waals surface area contributed by atoms with E-state index >= 15 is 0 Å². The number of nitrogens with zero attached hydrogens (tertiary/aromatic N) is 3. The molecule has 0 amide bonds. The summed E-state index contributed by atoms with van der Waals surface area (Å²) in [5, 5.41) is 12.0. The van der Waals surface area contributed by atoms with Crippen LogP contribution in [0.15, 0.2) is 23.3 Å². The van der Waals surface area contributed by atoms with Crippen molar-refractivity contribution < 1.29 is 9.50 Å². The molecule has 0 aromatic heterocycles. The minimum Gasteiger partial charge on any atom is -0.508 e. The Kier molecular flexibility index (Phi) is 2.50. The third kappa shape index (κ3) is 1.87. The van der Waals surface area contributed by atoms with Crippen LogP contribution >= 0.6 is 0 Å². The first kappa shape index (κ1) is 8.36. The lowest BCUT2D eigenvalue weighted by atomic mass is 10.2. The van der Waals surface area contributed by atoms with Gasteiger partial charge in [0.25, 0.3) is 0 Å². The first-order valence-corrected chi connectivity index (χ1v) is 3.22. The molecule has 1 aromatic carbocycles. The highest BCUT2D eigenvalue weighted by molar-refractivity contribution is 5.27. The molecule has 12 heavy (non-hydrogen) atoms. The highest BCUT2D eigenvalue weighted by Crippen LogP contribution is 2.15. The minimum absolute atomic E-state index is 0.0391. The lowest BCUT2D eigenvalue weighted by Crippen LogP contribution is -1.86. The molecule has 0 aliphatic carbocycles. The van der Waals surface area contributed by atoms with Crippen molar-refractivity contribution in [3.05, 3.63) is 40.0 Å². The second-order valence-electron chi connectivity index (χ2n) is 2.16. The van der Waals surface area contributed by atoms with E-state index in [2.05, 4.69) is 10.0 Å². The van der Waals surface area contributed by atoms with Crippen LogP contribution in [-0.2, 0) is 6.54 Å². The van der Waals surface area contributed by atoms with Gasteiger partial charge in [-0.2, -0.15) is 0 Å². The topological polar surface area (TPSA) is 69.0 Å². The van der Waals surface area contributed by atoms with Gasteiger partial charge in [-0.1, -0.05) is 11.2 Å². The second-order valence-corrected chi connectivity index (χ2v) is 2.16. The highest BCUT2D eigenvalue weighted by Gasteiger charge is 2.00. The molecule has 0 radical (unpaired) electrons. The van der Waals surface area contributed by atoms with Crippen LogP contribution in [0, 0.1) is 5.82 Å². The zero-order valence-electron chi connectivity index (χ0n) is 6.11. The summed E-state index contributed by atoms with van der Waals surface area (Å²) in [7, 11) is 0. The molecule has 4 nitrogen and oxygen atoms in total. The Morgan fingerprint density at radius 1 is 1.58 bits per heavy atom. The fourth-order valence-electron chi connectivity index (χ4n) is 0.772. The van der Waals surface area contributed by atoms with Gasteiger partial charge in [0.1, 0.15) is 11.6 Å². The first-order valence-electron chi connectivity index (χ1n) is 3.22. The largest absolute Gasteiger partial charge is 0.508 e. The molecular weight excluding hydrogens is 161 g/mol. The Hall–Kier alpha value is -1.74. The molecular formula is C7H6FN3O. The van der Waals surface area contributed by atoms with E-state index in [1.54, 1.807) is 0 Å². The summed E-state index contributed by atoms with van der Waals surface area (Å²) in [5.41, 5.74) is 8.23. The van der Waals surface area contributed by atoms with Crippen molar-refractivity contribution in [2.24, 2.45) is 5.11 Å². The second kappa shape index (κ2) is 3.59. The van der Waals surface area contributed by atoms with Gasteiger partial charge in [-0.25, -0.2) is 4.39 Å². The average molecular weight is 167 g/mol. The molecule has 62 valence electrons. The predicted molar refractivity (Wildman–Crippen MR) is 40.9 cm³/mol. The fraction of sp³-hybridized carbons (Fsp3) is 0.143. The molecule has 0 fully saturated rings. The van der Waals surface area contributed by atoms with Crippen LogP contribution in [0.4, 0.5) is 4.39 Å². The average Bonchev–Trinajstić information content (AvgIpc) is 2.03. The minimum atomic E-state index is -0.567. The smallest absolute Gasteiger partial charge is 0.130 e. The molecule has 1 rings (SSSR count). The Bertz CT molecular complexity index is 333. The van der Waals surface area contributed by atoms with Crippen LogP contribution in [0.5, 0.6) is 5.75 Å². The third-order valence-corrected chi connectivity index (χ3v) is 1.34. The molecule has 0 unspecified atom stereocenters. The standard InChI is InChI=1S/C7H6FN3O/c8-7-3-6(12)2-1-5(7)4-10-11-9/h1-3,12H,4H2. The van der Waals surface area contributed by atoms with Gasteiger partial charge in [0, 0.05) is 11.0 Å². The van der Waals surface area contributed by atoms with Gasteiger partial charge in [0.15, 0.2) is 0 Å². The van der Waals surface area contributed by atoms with Crippen molar-refractivity contribution in [3.8, 4) is 5.75 Å². The van der Waals surface area contributed by atoms with Crippen molar-refractivity contribution in [2.75, 3.05) is 0 Å². The van der Waals surface area contributed by atoms with Crippen LogP contribution < -0.4 is 0 Å². The summed E-state index contributed by atoms with van der Waals surface area (Å²) in [6.45, 7) is -0.0391. The summed E-state index contributed by atoms with van der Waals surface area (Å²) in [4.78, 5) is 2.49. The first-order chi connectivity index (χ1) is 5.74. The third-order valence-electron chi connectivity index (χ3n) is 1.34. The normalized spacial score (nSPS) is 9.08. The number of benzene rings is 1. The quantitative estimate of drug-likeness (QED) is 0.410. The van der Waals surface area contributed by atoms with E-state index < -0.39 is 5.82 Å². The van der Waals surface area contributed by atoms with Gasteiger partial charge < -0.3 is 5.11 Å². The van der Waals surface area contributed by atoms with Gasteiger partial charge in [-0.3, -0.25) is 0 Å². The number of aromatic hydroxyl groups is 1. The van der Waals surface area contributed by atoms with Crippen molar-refractivity contribution in [3.63, 3.8) is 0 Å². The van der Waals surface area contributed by atoms with Crippen LogP contribution in [0.1, 0.15) is 5.56 Å². The zero-order chi connectivity index (χ0) is 8.97. The number of hydrogen-bond acceptors (Lipinski definition) is 2. The summed E-state index contributed by atoms with van der Waals surface area (Å²) in [6.07, 6.45) is 0. The maximum Gasteiger partial charge on any atom is 0.130 e. The van der Waals surface area contributed by atoms with E-state index in [1.807, 2.05) is 0 Å². The van der Waals surface area contributed by atoms with E-state index in [9.17, 15) is 4.39 Å². The number of hydrogen-bond donors (Lipinski definition) is 1. The van der Waals surface area contributed by atoms with Crippen LogP contribution in [0.2, 0.25) is 0 Å². The summed E-state index contributed by atoms with van der Waals surface area (Å²) in [5.74, 6) is -0.709. The summed E-state index contributed by atoms with van der Waals surface area (Å²) >= 11 is 0. The molecule has 1 aromatic rings. The zero-order valence-corrected chi connectivity index (χ0v) is 6.11. The van der Waals surface area contributed by atoms with E-state index in [1.165, 1.54) is 12.1 Å². The van der Waals surface area contributed by atoms with E-state index in [4.69, 9.17) is 10.6 Å². The monoisotopic (exact) mass is 167 g/mol. The van der Waals surface area contributed by atoms with Crippen molar-refractivity contribution >= 4 is 0 Å². The molecule has 0 heterocycles. The van der Waals surface area contributed by atoms with Crippen LogP contribution in [-0.4, -0.2) is 5.11 Å². The highest BCUT2D eigenvalue weighted by atomic mass is 19.1. The van der Waals surface area contributed by atoms with Crippen molar-refractivity contribution in [1.82, 2.24) is 0 Å². The number of phenols is 1. The molecule has 0 spiro atoms. The number of halogens is 1. The Balaban J connectivity index is 2.93. The number of azide groups is 1. The summed E-state index contributed by atoms with van der Waals surface area (Å²) in [6, 6.07) is 3.69. The van der Waals surface area contributed by atoms with Gasteiger partial charge in [-0.05, 0) is 17.2 Å². The van der Waals surface area contributed by atoms with Crippen molar-refractivity contribution in [2.45, 2.75) is 6.54 Å². The Morgan fingerprint density at radius 2 is 2.33 bits per heavy atom. The fourth-order valence-corrected chi connectivity index (χ4v) is 0.772. The molecule has 5 heteroatoms. The lowest BCUT2D eigenvalue weighted by molar-refractivity contribution is 0.468. The Labute approximate surface area is 67.9 Å². The molecule has 0 saturated carbocycles. The number of rotatable bonds is 2. The lowest BCUT2D eigenvalue weighted by Gasteiger charge is -1.97. The molecule has 0 saturated heterocycles. The van der Waals surface area contributed by atoms with Crippen molar-refractivity contribution in [1.29, 1.82) is 0 Å². The number of phenolic OH excluding ortho intramolecular Hbond substituents is 1. The molecule has 0 aliphatic heterocycles. The Morgan fingerprint density at radius 3 is 2.92 bits per heavy atom. The van der Waals surface area contributed by atoms with Crippen LogP contribution in [0.25, 0.3) is 10.4 Å². The van der Waals surface area contributed by atoms with Gasteiger partial charge >= 0.3 is 0 Å². The van der Waals surface area contributed by atoms with Gasteiger partial charge in [-0.15, -0.1) is 0 Å². The summed E-state index contributed by atoms with van der Waals surface area (Å²) < 4.78 is 12.8. The van der Waals surface area contributed by atoms with Gasteiger partial charge in [0.2, 0.25) is 0 Å².